The van der Waals surface area contributed by atoms with Crippen LogP contribution >= 0.6 is 0 Å². The second-order valence-electron chi connectivity index (χ2n) is 7.47. The number of carbonyl (C=O) groups excluding carboxylic acids is 3. The molecule has 1 aromatic rings. The zero-order chi connectivity index (χ0) is 20.3. The Bertz CT molecular complexity index is 609. The Morgan fingerprint density at radius 1 is 1.15 bits per heavy atom. The number of amides is 3. The molecule has 3 N–H and O–H groups in total. The average molecular weight is 377 g/mol. The minimum Gasteiger partial charge on any atom is -0.444 e. The van der Waals surface area contributed by atoms with Crippen molar-refractivity contribution < 1.29 is 19.1 Å². The van der Waals surface area contributed by atoms with Crippen LogP contribution in [0.5, 0.6) is 0 Å². The second-order valence-corrected chi connectivity index (χ2v) is 7.47. The van der Waals surface area contributed by atoms with Crippen LogP contribution in [0.3, 0.4) is 0 Å². The summed E-state index contributed by atoms with van der Waals surface area (Å²) in [5.74, 6) is -0.259. The molecule has 150 valence electrons. The van der Waals surface area contributed by atoms with E-state index in [-0.39, 0.29) is 5.91 Å². The van der Waals surface area contributed by atoms with Crippen LogP contribution in [0.1, 0.15) is 51.2 Å². The molecular weight excluding hydrogens is 346 g/mol. The Hall–Kier alpha value is -2.57. The molecule has 0 aliphatic heterocycles. The zero-order valence-electron chi connectivity index (χ0n) is 16.6. The van der Waals surface area contributed by atoms with Crippen LogP contribution in [-0.2, 0) is 20.9 Å². The van der Waals surface area contributed by atoms with E-state index in [0.29, 0.717) is 32.3 Å². The SMILES string of the molecule is Cc1ccc(CNC(=O)[C@H](CCCCNC=O)NC(=O)OC(C)(C)C)cc1. The summed E-state index contributed by atoms with van der Waals surface area (Å²) in [5, 5.41) is 8.09. The molecule has 0 bridgehead atoms. The van der Waals surface area contributed by atoms with Crippen molar-refractivity contribution in [2.24, 2.45) is 0 Å². The molecule has 0 heterocycles. The first-order valence-corrected chi connectivity index (χ1v) is 9.21. The van der Waals surface area contributed by atoms with Gasteiger partial charge in [0.2, 0.25) is 12.3 Å². The average Bonchev–Trinajstić information content (AvgIpc) is 2.58. The molecule has 0 saturated heterocycles. The van der Waals surface area contributed by atoms with E-state index >= 15 is 0 Å². The molecule has 1 rings (SSSR count). The first-order valence-electron chi connectivity index (χ1n) is 9.21. The number of rotatable bonds is 10. The highest BCUT2D eigenvalue weighted by Crippen LogP contribution is 2.09. The van der Waals surface area contributed by atoms with Crippen molar-refractivity contribution in [1.82, 2.24) is 16.0 Å². The van der Waals surface area contributed by atoms with Gasteiger partial charge in [0, 0.05) is 13.1 Å². The van der Waals surface area contributed by atoms with Gasteiger partial charge < -0.3 is 20.7 Å². The number of alkyl carbamates (subject to hydrolysis) is 1. The normalized spacial score (nSPS) is 12.0. The fraction of sp³-hybridized carbons (Fsp3) is 0.550. The Labute approximate surface area is 161 Å². The van der Waals surface area contributed by atoms with Gasteiger partial charge >= 0.3 is 6.09 Å². The van der Waals surface area contributed by atoms with Crippen LogP contribution in [0, 0.1) is 6.92 Å². The van der Waals surface area contributed by atoms with Crippen molar-refractivity contribution in [3.05, 3.63) is 35.4 Å². The number of carbonyl (C=O) groups is 3. The summed E-state index contributed by atoms with van der Waals surface area (Å²) >= 11 is 0. The van der Waals surface area contributed by atoms with Gasteiger partial charge in [-0.3, -0.25) is 9.59 Å². The Balaban J connectivity index is 2.60. The van der Waals surface area contributed by atoms with Gasteiger partial charge in [-0.05, 0) is 52.5 Å². The van der Waals surface area contributed by atoms with Crippen molar-refractivity contribution in [3.8, 4) is 0 Å². The molecule has 0 spiro atoms. The molecule has 27 heavy (non-hydrogen) atoms. The minimum absolute atomic E-state index is 0.259. The van der Waals surface area contributed by atoms with Crippen LogP contribution in [-0.4, -0.2) is 36.6 Å². The first kappa shape index (κ1) is 22.5. The van der Waals surface area contributed by atoms with Crippen molar-refractivity contribution in [3.63, 3.8) is 0 Å². The summed E-state index contributed by atoms with van der Waals surface area (Å²) in [6.07, 6.45) is 1.88. The lowest BCUT2D eigenvalue weighted by atomic mass is 10.1. The summed E-state index contributed by atoms with van der Waals surface area (Å²) in [6.45, 7) is 8.23. The molecule has 7 heteroatoms. The Kier molecular flexibility index (Phi) is 9.33. The van der Waals surface area contributed by atoms with Gasteiger partial charge in [-0.15, -0.1) is 0 Å². The molecule has 0 radical (unpaired) electrons. The molecule has 0 fully saturated rings. The Morgan fingerprint density at radius 2 is 1.81 bits per heavy atom. The van der Waals surface area contributed by atoms with E-state index in [1.165, 1.54) is 0 Å². The highest BCUT2D eigenvalue weighted by atomic mass is 16.6. The van der Waals surface area contributed by atoms with Crippen molar-refractivity contribution >= 4 is 18.4 Å². The number of hydrogen-bond donors (Lipinski definition) is 3. The fourth-order valence-electron chi connectivity index (χ4n) is 2.37. The topological polar surface area (TPSA) is 96.5 Å². The number of nitrogens with one attached hydrogen (secondary N) is 3. The molecule has 1 aromatic carbocycles. The van der Waals surface area contributed by atoms with E-state index in [9.17, 15) is 14.4 Å². The van der Waals surface area contributed by atoms with Gasteiger partial charge in [-0.2, -0.15) is 0 Å². The monoisotopic (exact) mass is 377 g/mol. The van der Waals surface area contributed by atoms with E-state index in [4.69, 9.17) is 4.74 Å². The highest BCUT2D eigenvalue weighted by Gasteiger charge is 2.23. The first-order chi connectivity index (χ1) is 12.7. The molecule has 1 atom stereocenters. The van der Waals surface area contributed by atoms with Crippen LogP contribution < -0.4 is 16.0 Å². The Morgan fingerprint density at radius 3 is 2.41 bits per heavy atom. The summed E-state index contributed by atoms with van der Waals surface area (Å²) in [6, 6.07) is 7.19. The number of hydrogen-bond acceptors (Lipinski definition) is 4. The van der Waals surface area contributed by atoms with Crippen LogP contribution in [0.2, 0.25) is 0 Å². The van der Waals surface area contributed by atoms with Gasteiger partial charge in [0.1, 0.15) is 11.6 Å². The van der Waals surface area contributed by atoms with Crippen molar-refractivity contribution in [2.75, 3.05) is 6.54 Å². The zero-order valence-corrected chi connectivity index (χ0v) is 16.6. The predicted molar refractivity (Wildman–Crippen MR) is 104 cm³/mol. The maximum absolute atomic E-state index is 12.6. The molecule has 0 unspecified atom stereocenters. The number of unbranched alkanes of at least 4 members (excludes halogenated alkanes) is 1. The summed E-state index contributed by atoms with van der Waals surface area (Å²) in [5.41, 5.74) is 1.50. The molecular formula is C20H31N3O4. The maximum atomic E-state index is 12.6. The predicted octanol–water partition coefficient (Wildman–Crippen LogP) is 2.42. The van der Waals surface area contributed by atoms with E-state index in [1.54, 1.807) is 20.8 Å². The third kappa shape index (κ3) is 10.2. The van der Waals surface area contributed by atoms with Gasteiger partial charge in [-0.1, -0.05) is 29.8 Å². The number of benzene rings is 1. The second kappa shape index (κ2) is 11.2. The molecule has 7 nitrogen and oxygen atoms in total. The third-order valence-corrected chi connectivity index (χ3v) is 3.74. The minimum atomic E-state index is -0.693. The molecule has 0 saturated carbocycles. The van der Waals surface area contributed by atoms with E-state index in [2.05, 4.69) is 16.0 Å². The van der Waals surface area contributed by atoms with E-state index < -0.39 is 17.7 Å². The largest absolute Gasteiger partial charge is 0.444 e. The standard InChI is InChI=1S/C20H31N3O4/c1-15-8-10-16(11-9-15)13-22-18(25)17(7-5-6-12-21-14-24)23-19(26)27-20(2,3)4/h8-11,14,17H,5-7,12-13H2,1-4H3,(H,21,24)(H,22,25)(H,23,26)/t17-/m0/s1. The lowest BCUT2D eigenvalue weighted by molar-refractivity contribution is -0.123. The van der Waals surface area contributed by atoms with E-state index in [1.807, 2.05) is 31.2 Å². The molecule has 0 aromatic heterocycles. The highest BCUT2D eigenvalue weighted by molar-refractivity contribution is 5.85. The quantitative estimate of drug-likeness (QED) is 0.431. The molecule has 0 aliphatic carbocycles. The van der Waals surface area contributed by atoms with Gasteiger partial charge in [0.15, 0.2) is 0 Å². The van der Waals surface area contributed by atoms with Crippen LogP contribution in [0.4, 0.5) is 4.79 Å². The van der Waals surface area contributed by atoms with E-state index in [0.717, 1.165) is 17.5 Å². The van der Waals surface area contributed by atoms with Gasteiger partial charge in [0.25, 0.3) is 0 Å². The summed E-state index contributed by atoms with van der Waals surface area (Å²) in [4.78, 5) is 34.9. The third-order valence-electron chi connectivity index (χ3n) is 3.74. The summed E-state index contributed by atoms with van der Waals surface area (Å²) < 4.78 is 5.25. The molecule has 3 amide bonds. The number of aryl methyl sites for hydroxylation is 1. The van der Waals surface area contributed by atoms with Crippen molar-refractivity contribution in [1.29, 1.82) is 0 Å². The number of ether oxygens (including phenoxy) is 1. The van der Waals surface area contributed by atoms with Crippen LogP contribution in [0.15, 0.2) is 24.3 Å². The van der Waals surface area contributed by atoms with Crippen molar-refractivity contribution in [2.45, 2.75) is 65.1 Å². The van der Waals surface area contributed by atoms with Gasteiger partial charge in [-0.25, -0.2) is 4.79 Å². The molecule has 0 aliphatic rings. The fourth-order valence-corrected chi connectivity index (χ4v) is 2.37. The van der Waals surface area contributed by atoms with Gasteiger partial charge in [0.05, 0.1) is 0 Å². The smallest absolute Gasteiger partial charge is 0.408 e. The lowest BCUT2D eigenvalue weighted by Crippen LogP contribution is -2.48. The maximum Gasteiger partial charge on any atom is 0.408 e. The summed E-state index contributed by atoms with van der Waals surface area (Å²) in [7, 11) is 0. The van der Waals surface area contributed by atoms with Crippen LogP contribution in [0.25, 0.3) is 0 Å². The lowest BCUT2D eigenvalue weighted by Gasteiger charge is -2.23.